The molecule has 1 aromatic rings. The SMILES string of the molecule is NS(=O)(=O)c1cc(F)cc(C(=O)NCC2CC=CCC2)c1. The zero-order chi connectivity index (χ0) is 15.5. The number of carbonyl (C=O) groups is 1. The first-order valence-electron chi connectivity index (χ1n) is 6.63. The first-order chi connectivity index (χ1) is 9.86. The lowest BCUT2D eigenvalue weighted by atomic mass is 9.94. The van der Waals surface area contributed by atoms with E-state index in [1.807, 2.05) is 0 Å². The first kappa shape index (κ1) is 15.7. The van der Waals surface area contributed by atoms with E-state index in [1.54, 1.807) is 0 Å². The van der Waals surface area contributed by atoms with E-state index < -0.39 is 26.6 Å². The Morgan fingerprint density at radius 3 is 2.71 bits per heavy atom. The molecule has 0 heterocycles. The minimum atomic E-state index is -4.05. The maximum atomic E-state index is 13.4. The van der Waals surface area contributed by atoms with Gasteiger partial charge in [0.1, 0.15) is 5.82 Å². The molecule has 114 valence electrons. The number of nitrogens with one attached hydrogen (secondary N) is 1. The summed E-state index contributed by atoms with van der Waals surface area (Å²) < 4.78 is 35.9. The van der Waals surface area contributed by atoms with Crippen LogP contribution in [0, 0.1) is 11.7 Å². The van der Waals surface area contributed by atoms with Gasteiger partial charge in [0.25, 0.3) is 5.91 Å². The fraction of sp³-hybridized carbons (Fsp3) is 0.357. The lowest BCUT2D eigenvalue weighted by Gasteiger charge is -2.18. The van der Waals surface area contributed by atoms with E-state index in [-0.39, 0.29) is 5.56 Å². The average molecular weight is 312 g/mol. The number of nitrogens with two attached hydrogens (primary N) is 1. The fourth-order valence-corrected chi connectivity index (χ4v) is 2.81. The molecule has 0 aliphatic heterocycles. The van der Waals surface area contributed by atoms with Crippen LogP contribution < -0.4 is 10.5 Å². The Morgan fingerprint density at radius 2 is 2.10 bits per heavy atom. The third kappa shape index (κ3) is 4.37. The molecule has 0 fully saturated rings. The van der Waals surface area contributed by atoms with Crippen LogP contribution in [0.5, 0.6) is 0 Å². The number of rotatable bonds is 4. The Balaban J connectivity index is 2.08. The second kappa shape index (κ2) is 6.36. The molecule has 1 atom stereocenters. The number of hydrogen-bond donors (Lipinski definition) is 2. The highest BCUT2D eigenvalue weighted by atomic mass is 32.2. The molecule has 0 spiro atoms. The third-order valence-electron chi connectivity index (χ3n) is 3.39. The van der Waals surface area contributed by atoms with Gasteiger partial charge >= 0.3 is 0 Å². The van der Waals surface area contributed by atoms with Crippen molar-refractivity contribution in [3.8, 4) is 0 Å². The van der Waals surface area contributed by atoms with Crippen molar-refractivity contribution in [1.82, 2.24) is 5.32 Å². The summed E-state index contributed by atoms with van der Waals surface area (Å²) in [6.45, 7) is 0.477. The second-order valence-corrected chi connectivity index (χ2v) is 6.64. The molecule has 2 rings (SSSR count). The monoisotopic (exact) mass is 312 g/mol. The number of sulfonamides is 1. The van der Waals surface area contributed by atoms with Crippen molar-refractivity contribution in [2.75, 3.05) is 6.54 Å². The third-order valence-corrected chi connectivity index (χ3v) is 4.28. The molecule has 5 nitrogen and oxygen atoms in total. The Hall–Kier alpha value is -1.73. The summed E-state index contributed by atoms with van der Waals surface area (Å²) in [5.74, 6) is -0.966. The van der Waals surface area contributed by atoms with E-state index in [4.69, 9.17) is 5.14 Å². The van der Waals surface area contributed by atoms with Gasteiger partial charge in [-0.2, -0.15) is 0 Å². The summed E-state index contributed by atoms with van der Waals surface area (Å²) in [5, 5.41) is 7.65. The molecular weight excluding hydrogens is 295 g/mol. The van der Waals surface area contributed by atoms with Gasteiger partial charge in [0.2, 0.25) is 10.0 Å². The van der Waals surface area contributed by atoms with Gasteiger partial charge in [-0.25, -0.2) is 17.9 Å². The van der Waals surface area contributed by atoms with Crippen LogP contribution in [0.3, 0.4) is 0 Å². The standard InChI is InChI=1S/C14H17FN2O3S/c15-12-6-11(7-13(8-12)21(16,19)20)14(18)17-9-10-4-2-1-3-5-10/h1-2,6-8,10H,3-5,9H2,(H,17,18)(H2,16,19,20). The molecule has 1 amide bonds. The predicted molar refractivity (Wildman–Crippen MR) is 76.6 cm³/mol. The van der Waals surface area contributed by atoms with Crippen molar-refractivity contribution in [1.29, 1.82) is 0 Å². The van der Waals surface area contributed by atoms with E-state index >= 15 is 0 Å². The number of benzene rings is 1. The van der Waals surface area contributed by atoms with Crippen LogP contribution in [0.15, 0.2) is 35.2 Å². The van der Waals surface area contributed by atoms with Gasteiger partial charge in [-0.15, -0.1) is 0 Å². The molecule has 0 saturated carbocycles. The topological polar surface area (TPSA) is 89.3 Å². The summed E-state index contributed by atoms with van der Waals surface area (Å²) in [5.41, 5.74) is -0.0506. The number of primary sulfonamides is 1. The Labute approximate surface area is 123 Å². The molecule has 1 aliphatic rings. The van der Waals surface area contributed by atoms with E-state index in [1.165, 1.54) is 0 Å². The maximum Gasteiger partial charge on any atom is 0.251 e. The summed E-state index contributed by atoms with van der Waals surface area (Å²) in [7, 11) is -4.05. The molecule has 21 heavy (non-hydrogen) atoms. The summed E-state index contributed by atoms with van der Waals surface area (Å²) in [6.07, 6.45) is 7.04. The van der Waals surface area contributed by atoms with Gasteiger partial charge in [-0.3, -0.25) is 4.79 Å². The Kier molecular flexibility index (Phi) is 4.74. The predicted octanol–water partition coefficient (Wildman–Crippen LogP) is 1.56. The van der Waals surface area contributed by atoms with Crippen LogP contribution in [0.25, 0.3) is 0 Å². The van der Waals surface area contributed by atoms with Crippen LogP contribution in [0.1, 0.15) is 29.6 Å². The number of carbonyl (C=O) groups excluding carboxylic acids is 1. The smallest absolute Gasteiger partial charge is 0.251 e. The lowest BCUT2D eigenvalue weighted by molar-refractivity contribution is 0.0945. The van der Waals surface area contributed by atoms with Gasteiger partial charge in [-0.05, 0) is 43.4 Å². The summed E-state index contributed by atoms with van der Waals surface area (Å²) in [6, 6.07) is 2.86. The molecule has 1 unspecified atom stereocenters. The number of halogens is 1. The summed E-state index contributed by atoms with van der Waals surface area (Å²) in [4.78, 5) is 11.6. The zero-order valence-electron chi connectivity index (χ0n) is 11.4. The van der Waals surface area contributed by atoms with E-state index in [0.29, 0.717) is 12.5 Å². The molecule has 0 aromatic heterocycles. The molecule has 1 aliphatic carbocycles. The van der Waals surface area contributed by atoms with Gasteiger partial charge in [0, 0.05) is 12.1 Å². The molecule has 7 heteroatoms. The number of amides is 1. The quantitative estimate of drug-likeness (QED) is 0.827. The molecule has 0 saturated heterocycles. The van der Waals surface area contributed by atoms with Crippen LogP contribution >= 0.6 is 0 Å². The largest absolute Gasteiger partial charge is 0.352 e. The highest BCUT2D eigenvalue weighted by molar-refractivity contribution is 7.89. The van der Waals surface area contributed by atoms with Crippen LogP contribution in [0.4, 0.5) is 4.39 Å². The second-order valence-electron chi connectivity index (χ2n) is 5.08. The van der Waals surface area contributed by atoms with E-state index in [9.17, 15) is 17.6 Å². The number of hydrogen-bond acceptors (Lipinski definition) is 3. The molecule has 0 bridgehead atoms. The number of allylic oxidation sites excluding steroid dienone is 2. The van der Waals surface area contributed by atoms with Crippen LogP contribution in [0.2, 0.25) is 0 Å². The normalized spacial score (nSPS) is 18.5. The van der Waals surface area contributed by atoms with Crippen molar-refractivity contribution < 1.29 is 17.6 Å². The van der Waals surface area contributed by atoms with Crippen molar-refractivity contribution in [2.45, 2.75) is 24.2 Å². The van der Waals surface area contributed by atoms with Crippen LogP contribution in [-0.4, -0.2) is 20.9 Å². The molecular formula is C14H17FN2O3S. The Morgan fingerprint density at radius 1 is 1.33 bits per heavy atom. The fourth-order valence-electron chi connectivity index (χ4n) is 2.24. The average Bonchev–Trinajstić information content (AvgIpc) is 2.44. The zero-order valence-corrected chi connectivity index (χ0v) is 12.2. The van der Waals surface area contributed by atoms with Gasteiger partial charge in [0.15, 0.2) is 0 Å². The first-order valence-corrected chi connectivity index (χ1v) is 8.17. The Bertz CT molecular complexity index is 671. The lowest BCUT2D eigenvalue weighted by Crippen LogP contribution is -2.30. The van der Waals surface area contributed by atoms with Crippen molar-refractivity contribution in [3.05, 3.63) is 41.7 Å². The highest BCUT2D eigenvalue weighted by Gasteiger charge is 2.16. The molecule has 0 radical (unpaired) electrons. The van der Waals surface area contributed by atoms with Gasteiger partial charge < -0.3 is 5.32 Å². The molecule has 1 aromatic carbocycles. The van der Waals surface area contributed by atoms with Crippen LogP contribution in [-0.2, 0) is 10.0 Å². The van der Waals surface area contributed by atoms with Gasteiger partial charge in [-0.1, -0.05) is 12.2 Å². The maximum absolute atomic E-state index is 13.4. The van der Waals surface area contributed by atoms with E-state index in [2.05, 4.69) is 17.5 Å². The van der Waals surface area contributed by atoms with Crippen molar-refractivity contribution >= 4 is 15.9 Å². The minimum absolute atomic E-state index is 0.0506. The van der Waals surface area contributed by atoms with Gasteiger partial charge in [0.05, 0.1) is 4.90 Å². The van der Waals surface area contributed by atoms with E-state index in [0.717, 1.165) is 37.5 Å². The molecule has 3 N–H and O–H groups in total. The minimum Gasteiger partial charge on any atom is -0.352 e. The highest BCUT2D eigenvalue weighted by Crippen LogP contribution is 2.17. The van der Waals surface area contributed by atoms with Crippen molar-refractivity contribution in [3.63, 3.8) is 0 Å². The summed E-state index contributed by atoms with van der Waals surface area (Å²) >= 11 is 0. The van der Waals surface area contributed by atoms with Crippen molar-refractivity contribution in [2.24, 2.45) is 11.1 Å².